The smallest absolute Gasteiger partial charge is 0.249 e. The van der Waals surface area contributed by atoms with E-state index >= 15 is 0 Å². The van der Waals surface area contributed by atoms with Gasteiger partial charge in [-0.2, -0.15) is 0 Å². The van der Waals surface area contributed by atoms with Crippen LogP contribution in [0.25, 0.3) is 6.08 Å². The summed E-state index contributed by atoms with van der Waals surface area (Å²) in [6.07, 6.45) is 1.37. The van der Waals surface area contributed by atoms with Gasteiger partial charge in [0.2, 0.25) is 23.6 Å². The van der Waals surface area contributed by atoms with E-state index in [4.69, 9.17) is 4.74 Å². The van der Waals surface area contributed by atoms with Crippen molar-refractivity contribution >= 4 is 29.7 Å². The Hall–Kier alpha value is -4.22. The molecule has 1 saturated heterocycles. The van der Waals surface area contributed by atoms with Crippen LogP contribution in [0.2, 0.25) is 0 Å². The zero-order chi connectivity index (χ0) is 31.3. The highest BCUT2D eigenvalue weighted by molar-refractivity contribution is 5.96. The summed E-state index contributed by atoms with van der Waals surface area (Å²) >= 11 is 0. The quantitative estimate of drug-likeness (QED) is 0.382. The summed E-state index contributed by atoms with van der Waals surface area (Å²) in [5.41, 5.74) is 1.24. The summed E-state index contributed by atoms with van der Waals surface area (Å²) in [6, 6.07) is 11.8. The number of amides is 4. The fourth-order valence-electron chi connectivity index (χ4n) is 5.16. The van der Waals surface area contributed by atoms with Gasteiger partial charge < -0.3 is 30.7 Å². The van der Waals surface area contributed by atoms with Crippen LogP contribution >= 0.6 is 0 Å². The number of ether oxygens (including phenoxy) is 1. The Labute approximate surface area is 252 Å². The molecule has 0 saturated carbocycles. The van der Waals surface area contributed by atoms with Gasteiger partial charge in [0, 0.05) is 19.2 Å². The molecule has 43 heavy (non-hydrogen) atoms. The van der Waals surface area contributed by atoms with E-state index < -0.39 is 54.1 Å². The van der Waals surface area contributed by atoms with Crippen molar-refractivity contribution in [2.75, 3.05) is 20.6 Å². The number of rotatable bonds is 7. The van der Waals surface area contributed by atoms with Gasteiger partial charge in [0.25, 0.3) is 0 Å². The SMILES string of the molecule is CC(C)C(NC(=O)C(C)N(C)C)C(=O)N1CCC2Oc3ccc(cc3)C=CNC(=O)C(C(O)c3ccccc3)NC(=O)C21. The van der Waals surface area contributed by atoms with Crippen LogP contribution in [0.15, 0.2) is 60.8 Å². The molecular weight excluding hydrogens is 550 g/mol. The Kier molecular flexibility index (Phi) is 10.2. The second kappa shape index (κ2) is 13.8. The second-order valence-corrected chi connectivity index (χ2v) is 11.5. The third-order valence-corrected chi connectivity index (χ3v) is 7.98. The number of hydrogen-bond donors (Lipinski definition) is 4. The number of nitrogens with zero attached hydrogens (tertiary/aromatic N) is 2. The third-order valence-electron chi connectivity index (χ3n) is 7.98. The molecule has 11 heteroatoms. The largest absolute Gasteiger partial charge is 0.488 e. The maximum absolute atomic E-state index is 14.1. The molecule has 3 aliphatic rings. The van der Waals surface area contributed by atoms with Crippen LogP contribution in [0, 0.1) is 5.92 Å². The van der Waals surface area contributed by atoms with Crippen LogP contribution in [0.3, 0.4) is 0 Å². The highest BCUT2D eigenvalue weighted by Crippen LogP contribution is 2.27. The van der Waals surface area contributed by atoms with E-state index in [1.807, 2.05) is 26.0 Å². The number of carbonyl (C=O) groups is 4. The number of likely N-dealkylation sites (tertiary alicyclic amines) is 1. The lowest BCUT2D eigenvalue weighted by atomic mass is 9.99. The van der Waals surface area contributed by atoms with E-state index in [0.717, 1.165) is 5.56 Å². The molecule has 4 N–H and O–H groups in total. The fraction of sp³-hybridized carbons (Fsp3) is 0.438. The Balaban J connectivity index is 1.69. The van der Waals surface area contributed by atoms with Gasteiger partial charge in [-0.25, -0.2) is 0 Å². The van der Waals surface area contributed by atoms with Crippen LogP contribution in [-0.4, -0.2) is 89.4 Å². The van der Waals surface area contributed by atoms with Gasteiger partial charge in [0.15, 0.2) is 0 Å². The summed E-state index contributed by atoms with van der Waals surface area (Å²) in [6.45, 7) is 5.59. The third kappa shape index (κ3) is 7.41. The normalized spacial score (nSPS) is 22.6. The molecule has 5 rings (SSSR count). The molecule has 230 valence electrons. The number of fused-ring (bicyclic) bond motifs is 7. The van der Waals surface area contributed by atoms with Crippen LogP contribution in [-0.2, 0) is 19.2 Å². The highest BCUT2D eigenvalue weighted by Gasteiger charge is 2.47. The lowest BCUT2D eigenvalue weighted by Gasteiger charge is -2.34. The molecule has 0 aromatic heterocycles. The van der Waals surface area contributed by atoms with Crippen molar-refractivity contribution in [2.24, 2.45) is 5.92 Å². The van der Waals surface area contributed by atoms with Crippen molar-refractivity contribution < 1.29 is 29.0 Å². The summed E-state index contributed by atoms with van der Waals surface area (Å²) in [5, 5.41) is 19.4. The number of aliphatic hydroxyl groups is 1. The highest BCUT2D eigenvalue weighted by atomic mass is 16.5. The standard InChI is InChI=1S/C32H41N5O6/c1-19(2)25(34-29(39)20(3)36(4)5)32(42)37-18-16-24-27(37)31(41)35-26(28(38)22-9-7-6-8-10-22)30(40)33-17-15-21-11-13-23(43-24)14-12-21/h6-15,17,19-20,24-28,38H,16,18H2,1-5H3,(H,33,40)(H,34,39)(H,35,41). The topological polar surface area (TPSA) is 140 Å². The van der Waals surface area contributed by atoms with Gasteiger partial charge in [-0.1, -0.05) is 56.3 Å². The molecule has 1 fully saturated rings. The van der Waals surface area contributed by atoms with Gasteiger partial charge in [-0.3, -0.25) is 24.1 Å². The number of likely N-dealkylation sites (N-methyl/N-ethyl adjacent to an activating group) is 1. The minimum absolute atomic E-state index is 0.196. The first kappa shape index (κ1) is 31.7. The Bertz CT molecular complexity index is 1330. The van der Waals surface area contributed by atoms with Crippen molar-refractivity contribution in [3.8, 4) is 5.75 Å². The van der Waals surface area contributed by atoms with Gasteiger partial charge >= 0.3 is 0 Å². The number of carbonyl (C=O) groups excluding carboxylic acids is 4. The zero-order valence-corrected chi connectivity index (χ0v) is 25.2. The van der Waals surface area contributed by atoms with Crippen LogP contribution < -0.4 is 20.7 Å². The van der Waals surface area contributed by atoms with Crippen molar-refractivity contribution in [3.63, 3.8) is 0 Å². The van der Waals surface area contributed by atoms with E-state index in [9.17, 15) is 24.3 Å². The monoisotopic (exact) mass is 591 g/mol. The average Bonchev–Trinajstić information content (AvgIpc) is 3.41. The Morgan fingerprint density at radius 2 is 1.70 bits per heavy atom. The molecule has 11 nitrogen and oxygen atoms in total. The molecule has 6 unspecified atom stereocenters. The summed E-state index contributed by atoms with van der Waals surface area (Å²) < 4.78 is 6.25. The van der Waals surface area contributed by atoms with Crippen molar-refractivity contribution in [1.29, 1.82) is 0 Å². The molecular formula is C32H41N5O6. The number of hydrogen-bond acceptors (Lipinski definition) is 7. The first-order valence-corrected chi connectivity index (χ1v) is 14.5. The summed E-state index contributed by atoms with van der Waals surface area (Å²) in [5.74, 6) is -1.78. The number of benzene rings is 2. The fourth-order valence-corrected chi connectivity index (χ4v) is 5.16. The number of aliphatic hydroxyl groups excluding tert-OH is 1. The zero-order valence-electron chi connectivity index (χ0n) is 25.2. The van der Waals surface area contributed by atoms with E-state index in [1.54, 1.807) is 74.5 Å². The van der Waals surface area contributed by atoms with Gasteiger partial charge in [0.05, 0.1) is 6.04 Å². The molecule has 0 spiro atoms. The van der Waals surface area contributed by atoms with Gasteiger partial charge in [0.1, 0.15) is 36.1 Å². The Morgan fingerprint density at radius 3 is 2.33 bits per heavy atom. The minimum Gasteiger partial charge on any atom is -0.488 e. The predicted molar refractivity (Wildman–Crippen MR) is 161 cm³/mol. The van der Waals surface area contributed by atoms with Crippen molar-refractivity contribution in [2.45, 2.75) is 63.6 Å². The molecule has 2 aromatic rings. The Morgan fingerprint density at radius 1 is 1.02 bits per heavy atom. The molecule has 2 aromatic carbocycles. The second-order valence-electron chi connectivity index (χ2n) is 11.5. The molecule has 3 aliphatic heterocycles. The molecule has 3 heterocycles. The minimum atomic E-state index is -1.37. The van der Waals surface area contributed by atoms with Crippen LogP contribution in [0.4, 0.5) is 0 Å². The molecule has 6 atom stereocenters. The summed E-state index contributed by atoms with van der Waals surface area (Å²) in [4.78, 5) is 57.5. The first-order chi connectivity index (χ1) is 20.5. The van der Waals surface area contributed by atoms with E-state index in [2.05, 4.69) is 16.0 Å². The maximum Gasteiger partial charge on any atom is 0.249 e. The van der Waals surface area contributed by atoms with Gasteiger partial charge in [-0.15, -0.1) is 0 Å². The number of nitrogens with one attached hydrogen (secondary N) is 3. The summed E-state index contributed by atoms with van der Waals surface area (Å²) in [7, 11) is 3.55. The predicted octanol–water partition coefficient (Wildman–Crippen LogP) is 1.44. The van der Waals surface area contributed by atoms with Crippen LogP contribution in [0.5, 0.6) is 5.75 Å². The van der Waals surface area contributed by atoms with Crippen molar-refractivity contribution in [3.05, 3.63) is 71.9 Å². The molecule has 0 radical (unpaired) electrons. The van der Waals surface area contributed by atoms with E-state index in [0.29, 0.717) is 17.7 Å². The van der Waals surface area contributed by atoms with Crippen molar-refractivity contribution in [1.82, 2.24) is 25.8 Å². The van der Waals surface area contributed by atoms with Crippen LogP contribution in [0.1, 0.15) is 44.4 Å². The first-order valence-electron chi connectivity index (χ1n) is 14.5. The molecule has 2 bridgehead atoms. The van der Waals surface area contributed by atoms with Gasteiger partial charge in [-0.05, 0) is 56.3 Å². The van der Waals surface area contributed by atoms with E-state index in [1.165, 1.54) is 11.1 Å². The van der Waals surface area contributed by atoms with E-state index in [-0.39, 0.29) is 18.4 Å². The maximum atomic E-state index is 14.1. The lowest BCUT2D eigenvalue weighted by Crippen LogP contribution is -2.61. The average molecular weight is 592 g/mol. The molecule has 4 amide bonds. The lowest BCUT2D eigenvalue weighted by molar-refractivity contribution is -0.145. The molecule has 0 aliphatic carbocycles.